The predicted molar refractivity (Wildman–Crippen MR) is 39.9 cm³/mol. The van der Waals surface area contributed by atoms with Gasteiger partial charge in [-0.05, 0) is 19.3 Å². The Balaban J connectivity index is 2.34. The lowest BCUT2D eigenvalue weighted by Crippen LogP contribution is -1.90. The fraction of sp³-hybridized carbons (Fsp3) is 0.625. The van der Waals surface area contributed by atoms with Crippen molar-refractivity contribution in [3.63, 3.8) is 0 Å². The van der Waals surface area contributed by atoms with Gasteiger partial charge in [-0.2, -0.15) is 0 Å². The van der Waals surface area contributed by atoms with Crippen molar-refractivity contribution in [2.24, 2.45) is 0 Å². The molecule has 0 saturated heterocycles. The molecule has 0 saturated carbocycles. The first-order valence-electron chi connectivity index (χ1n) is 3.94. The topological polar surface area (TPSA) is 28.7 Å². The van der Waals surface area contributed by atoms with Crippen LogP contribution in [0.25, 0.3) is 0 Å². The second-order valence-electron chi connectivity index (χ2n) is 2.91. The summed E-state index contributed by atoms with van der Waals surface area (Å²) in [4.78, 5) is 7.45. The van der Waals surface area contributed by atoms with Crippen LogP contribution in [-0.4, -0.2) is 9.97 Å². The minimum atomic E-state index is 0.762. The molecule has 1 aromatic rings. The summed E-state index contributed by atoms with van der Waals surface area (Å²) in [6.45, 7) is 2.24. The van der Waals surface area contributed by atoms with Gasteiger partial charge in [-0.25, -0.2) is 4.98 Å². The first-order chi connectivity index (χ1) is 4.92. The van der Waals surface area contributed by atoms with Crippen molar-refractivity contribution in [2.45, 2.75) is 32.1 Å². The first kappa shape index (κ1) is 5.96. The average molecular weight is 136 g/mol. The van der Waals surface area contributed by atoms with Gasteiger partial charge in [0.05, 0.1) is 12.0 Å². The molecule has 2 rings (SSSR count). The molecule has 1 unspecified atom stereocenters. The summed E-state index contributed by atoms with van der Waals surface area (Å²) >= 11 is 0. The van der Waals surface area contributed by atoms with Gasteiger partial charge in [-0.15, -0.1) is 0 Å². The van der Waals surface area contributed by atoms with Crippen LogP contribution in [0.2, 0.25) is 0 Å². The zero-order valence-electron chi connectivity index (χ0n) is 6.22. The lowest BCUT2D eigenvalue weighted by atomic mass is 10.1. The quantitative estimate of drug-likeness (QED) is 0.627. The summed E-state index contributed by atoms with van der Waals surface area (Å²) in [5, 5.41) is 0. The predicted octanol–water partition coefficient (Wildman–Crippen LogP) is 1.85. The van der Waals surface area contributed by atoms with E-state index in [2.05, 4.69) is 16.9 Å². The molecule has 1 N–H and O–H groups in total. The van der Waals surface area contributed by atoms with Gasteiger partial charge in [0.25, 0.3) is 0 Å². The molecule has 2 nitrogen and oxygen atoms in total. The maximum absolute atomic E-state index is 4.24. The van der Waals surface area contributed by atoms with Gasteiger partial charge >= 0.3 is 0 Å². The fourth-order valence-corrected chi connectivity index (χ4v) is 1.75. The van der Waals surface area contributed by atoms with E-state index in [4.69, 9.17) is 0 Å². The molecule has 54 valence electrons. The number of rotatable bonds is 1. The molecule has 10 heavy (non-hydrogen) atoms. The van der Waals surface area contributed by atoms with E-state index in [9.17, 15) is 0 Å². The minimum Gasteiger partial charge on any atom is -0.348 e. The standard InChI is InChI=1S/C8H12N2/c1-2-6-3-4-7-8(6)10-5-9-7/h5-6H,2-4H2,1H3,(H,9,10). The van der Waals surface area contributed by atoms with E-state index in [0.717, 1.165) is 5.92 Å². The van der Waals surface area contributed by atoms with Crippen LogP contribution in [0.4, 0.5) is 0 Å². The Bertz CT molecular complexity index is 227. The smallest absolute Gasteiger partial charge is 0.0925 e. The average Bonchev–Trinajstić information content (AvgIpc) is 2.44. The molecule has 0 radical (unpaired) electrons. The van der Waals surface area contributed by atoms with Crippen molar-refractivity contribution in [3.05, 3.63) is 17.7 Å². The molecule has 1 aliphatic rings. The number of aromatic nitrogens is 2. The highest BCUT2D eigenvalue weighted by molar-refractivity contribution is 5.21. The highest BCUT2D eigenvalue weighted by Crippen LogP contribution is 2.32. The number of imidazole rings is 1. The Morgan fingerprint density at radius 3 is 3.50 bits per heavy atom. The zero-order valence-corrected chi connectivity index (χ0v) is 6.22. The van der Waals surface area contributed by atoms with Crippen LogP contribution in [0.5, 0.6) is 0 Å². The molecule has 0 bridgehead atoms. The van der Waals surface area contributed by atoms with Gasteiger partial charge in [0.15, 0.2) is 0 Å². The van der Waals surface area contributed by atoms with E-state index in [-0.39, 0.29) is 0 Å². The van der Waals surface area contributed by atoms with Gasteiger partial charge in [0.2, 0.25) is 0 Å². The molecule has 0 fully saturated rings. The summed E-state index contributed by atoms with van der Waals surface area (Å²) in [6.07, 6.45) is 5.53. The third-order valence-corrected chi connectivity index (χ3v) is 2.38. The lowest BCUT2D eigenvalue weighted by Gasteiger charge is -2.02. The highest BCUT2D eigenvalue weighted by Gasteiger charge is 2.22. The van der Waals surface area contributed by atoms with Crippen LogP contribution in [0.15, 0.2) is 6.33 Å². The van der Waals surface area contributed by atoms with Crippen molar-refractivity contribution in [1.82, 2.24) is 9.97 Å². The number of aromatic amines is 1. The Labute approximate surface area is 60.7 Å². The van der Waals surface area contributed by atoms with Gasteiger partial charge < -0.3 is 4.98 Å². The van der Waals surface area contributed by atoms with E-state index in [1.54, 1.807) is 0 Å². The lowest BCUT2D eigenvalue weighted by molar-refractivity contribution is 0.640. The second-order valence-corrected chi connectivity index (χ2v) is 2.91. The van der Waals surface area contributed by atoms with Crippen molar-refractivity contribution in [3.8, 4) is 0 Å². The third-order valence-electron chi connectivity index (χ3n) is 2.38. The molecular weight excluding hydrogens is 124 g/mol. The van der Waals surface area contributed by atoms with Gasteiger partial charge in [-0.1, -0.05) is 6.92 Å². The van der Waals surface area contributed by atoms with Crippen LogP contribution in [0, 0.1) is 0 Å². The maximum atomic E-state index is 4.24. The molecule has 1 heterocycles. The van der Waals surface area contributed by atoms with Crippen LogP contribution in [0.1, 0.15) is 37.1 Å². The molecule has 1 aromatic heterocycles. The number of H-pyrrole nitrogens is 1. The van der Waals surface area contributed by atoms with Gasteiger partial charge in [-0.3, -0.25) is 0 Å². The van der Waals surface area contributed by atoms with Crippen molar-refractivity contribution >= 4 is 0 Å². The van der Waals surface area contributed by atoms with Crippen molar-refractivity contribution < 1.29 is 0 Å². The van der Waals surface area contributed by atoms with Crippen LogP contribution in [0.3, 0.4) is 0 Å². The number of nitrogens with one attached hydrogen (secondary N) is 1. The Hall–Kier alpha value is -0.790. The normalized spacial score (nSPS) is 23.1. The first-order valence-corrected chi connectivity index (χ1v) is 3.94. The molecular formula is C8H12N2. The molecule has 0 amide bonds. The SMILES string of the molecule is CCC1CCc2nc[nH]c21. The van der Waals surface area contributed by atoms with Gasteiger partial charge in [0, 0.05) is 11.6 Å². The van der Waals surface area contributed by atoms with Crippen molar-refractivity contribution in [1.29, 1.82) is 0 Å². The summed E-state index contributed by atoms with van der Waals surface area (Å²) in [5.41, 5.74) is 2.69. The molecule has 2 heteroatoms. The van der Waals surface area contributed by atoms with Crippen LogP contribution in [-0.2, 0) is 6.42 Å². The summed E-state index contributed by atoms with van der Waals surface area (Å²) in [6, 6.07) is 0. The number of nitrogens with zero attached hydrogens (tertiary/aromatic N) is 1. The van der Waals surface area contributed by atoms with E-state index in [1.807, 2.05) is 6.33 Å². The summed E-state index contributed by atoms with van der Waals surface area (Å²) in [5.74, 6) is 0.762. The van der Waals surface area contributed by atoms with E-state index in [0.29, 0.717) is 0 Å². The minimum absolute atomic E-state index is 0.762. The number of fused-ring (bicyclic) bond motifs is 1. The number of hydrogen-bond donors (Lipinski definition) is 1. The molecule has 0 aliphatic heterocycles. The third kappa shape index (κ3) is 0.681. The van der Waals surface area contributed by atoms with Crippen LogP contribution < -0.4 is 0 Å². The van der Waals surface area contributed by atoms with Crippen LogP contribution >= 0.6 is 0 Å². The summed E-state index contributed by atoms with van der Waals surface area (Å²) in [7, 11) is 0. The monoisotopic (exact) mass is 136 g/mol. The Morgan fingerprint density at radius 1 is 1.80 bits per heavy atom. The largest absolute Gasteiger partial charge is 0.348 e. The highest BCUT2D eigenvalue weighted by atomic mass is 14.9. The number of aryl methyl sites for hydroxylation is 1. The Morgan fingerprint density at radius 2 is 2.70 bits per heavy atom. The molecule has 0 aromatic carbocycles. The number of hydrogen-bond acceptors (Lipinski definition) is 1. The maximum Gasteiger partial charge on any atom is 0.0925 e. The van der Waals surface area contributed by atoms with Crippen molar-refractivity contribution in [2.75, 3.05) is 0 Å². The fourth-order valence-electron chi connectivity index (χ4n) is 1.75. The van der Waals surface area contributed by atoms with E-state index < -0.39 is 0 Å². The van der Waals surface area contributed by atoms with E-state index in [1.165, 1.54) is 30.7 Å². The molecule has 0 spiro atoms. The second kappa shape index (κ2) is 2.11. The molecule has 1 aliphatic carbocycles. The van der Waals surface area contributed by atoms with E-state index >= 15 is 0 Å². The Kier molecular flexibility index (Phi) is 1.26. The summed E-state index contributed by atoms with van der Waals surface area (Å²) < 4.78 is 0. The zero-order chi connectivity index (χ0) is 6.97. The molecule has 1 atom stereocenters. The van der Waals surface area contributed by atoms with Gasteiger partial charge in [0.1, 0.15) is 0 Å².